The Kier molecular flexibility index (Phi) is 5.62. The van der Waals surface area contributed by atoms with Gasteiger partial charge in [-0.05, 0) is 54.4 Å². The summed E-state index contributed by atoms with van der Waals surface area (Å²) < 4.78 is 41.9. The summed E-state index contributed by atoms with van der Waals surface area (Å²) in [6, 6.07) is 8.04. The lowest BCUT2D eigenvalue weighted by Gasteiger charge is -2.11. The molecule has 2 aromatic heterocycles. The highest BCUT2D eigenvalue weighted by Gasteiger charge is 2.21. The highest BCUT2D eigenvalue weighted by molar-refractivity contribution is 7.92. The Labute approximate surface area is 205 Å². The van der Waals surface area contributed by atoms with Crippen LogP contribution >= 0.6 is 22.9 Å². The highest BCUT2D eigenvalue weighted by Crippen LogP contribution is 2.26. The van der Waals surface area contributed by atoms with Crippen LogP contribution in [-0.4, -0.2) is 30.5 Å². The smallest absolute Gasteiger partial charge is 0.333 e. The van der Waals surface area contributed by atoms with E-state index in [9.17, 15) is 27.2 Å². The van der Waals surface area contributed by atoms with E-state index in [1.54, 1.807) is 16.9 Å². The van der Waals surface area contributed by atoms with Crippen LogP contribution in [0.1, 0.15) is 5.56 Å². The van der Waals surface area contributed by atoms with Gasteiger partial charge in [0.2, 0.25) is 0 Å². The number of urea groups is 1. The van der Waals surface area contributed by atoms with Gasteiger partial charge in [0.15, 0.2) is 0 Å². The summed E-state index contributed by atoms with van der Waals surface area (Å²) in [6.07, 6.45) is 0.718. The molecule has 4 N–H and O–H groups in total. The van der Waals surface area contributed by atoms with Crippen LogP contribution in [0.15, 0.2) is 56.3 Å². The van der Waals surface area contributed by atoms with E-state index in [4.69, 9.17) is 11.6 Å². The zero-order chi connectivity index (χ0) is 24.9. The van der Waals surface area contributed by atoms with Crippen LogP contribution in [0.4, 0.5) is 20.6 Å². The third kappa shape index (κ3) is 4.29. The third-order valence-electron chi connectivity index (χ3n) is 5.32. The molecular formula is C21H15ClFN5O5S2. The van der Waals surface area contributed by atoms with E-state index < -0.39 is 33.1 Å². The fraction of sp³-hybridized carbons (Fsp3) is 0.0952. The first kappa shape index (κ1) is 23.1. The second-order valence-electron chi connectivity index (χ2n) is 7.59. The molecule has 0 saturated carbocycles. The molecule has 0 saturated heterocycles. The minimum absolute atomic E-state index is 0.0997. The van der Waals surface area contributed by atoms with Crippen LogP contribution in [0.3, 0.4) is 0 Å². The van der Waals surface area contributed by atoms with E-state index in [0.29, 0.717) is 16.6 Å². The quantitative estimate of drug-likeness (QED) is 0.316. The SMILES string of the molecule is O=C(Nc1ccc(-n2c(=O)[nH]c3cc4c(cc3c2=O)CCN4)c(F)c1)NS(=O)(=O)c1ccc(Cl)s1. The summed E-state index contributed by atoms with van der Waals surface area (Å²) in [6.45, 7) is 0.711. The largest absolute Gasteiger partial charge is 0.384 e. The van der Waals surface area contributed by atoms with Crippen LogP contribution in [-0.2, 0) is 16.4 Å². The Morgan fingerprint density at radius 1 is 1.14 bits per heavy atom. The maximum atomic E-state index is 14.9. The van der Waals surface area contributed by atoms with Crippen molar-refractivity contribution in [1.82, 2.24) is 14.3 Å². The molecule has 0 fully saturated rings. The van der Waals surface area contributed by atoms with E-state index in [2.05, 4.69) is 15.6 Å². The Morgan fingerprint density at radius 3 is 2.66 bits per heavy atom. The van der Waals surface area contributed by atoms with Gasteiger partial charge in [0, 0.05) is 17.9 Å². The van der Waals surface area contributed by atoms with Gasteiger partial charge in [0.25, 0.3) is 15.6 Å². The summed E-state index contributed by atoms with van der Waals surface area (Å²) in [5.41, 5.74) is 0.109. The summed E-state index contributed by atoms with van der Waals surface area (Å²) in [7, 11) is -4.17. The van der Waals surface area contributed by atoms with Crippen LogP contribution in [0.5, 0.6) is 0 Å². The predicted octanol–water partition coefficient (Wildman–Crippen LogP) is 3.01. The minimum atomic E-state index is -4.17. The standard InChI is InChI=1S/C21H15ClFN5O5S2/c22-17-3-4-18(34-17)35(32,33)27-20(30)25-11-1-2-16(13(23)8-11)28-19(29)12-7-10-5-6-24-14(10)9-15(12)26-21(28)31/h1-4,7-9,24H,5-6H2,(H,26,31)(H2,25,27,30). The van der Waals surface area contributed by atoms with Gasteiger partial charge in [-0.25, -0.2) is 31.7 Å². The molecule has 0 spiro atoms. The lowest BCUT2D eigenvalue weighted by atomic mass is 10.1. The first-order valence-corrected chi connectivity index (χ1v) is 12.7. The molecule has 0 unspecified atom stereocenters. The second-order valence-corrected chi connectivity index (χ2v) is 11.2. The molecule has 35 heavy (non-hydrogen) atoms. The van der Waals surface area contributed by atoms with Gasteiger partial charge in [-0.3, -0.25) is 4.79 Å². The molecule has 14 heteroatoms. The van der Waals surface area contributed by atoms with Crippen molar-refractivity contribution in [3.05, 3.63) is 79.0 Å². The lowest BCUT2D eigenvalue weighted by molar-refractivity contribution is 0.256. The Hall–Kier alpha value is -3.68. The Bertz CT molecular complexity index is 1750. The molecule has 0 atom stereocenters. The summed E-state index contributed by atoms with van der Waals surface area (Å²) in [4.78, 5) is 40.4. The first-order valence-electron chi connectivity index (χ1n) is 10.1. The van der Waals surface area contributed by atoms with Crippen molar-refractivity contribution in [2.75, 3.05) is 17.2 Å². The van der Waals surface area contributed by atoms with Gasteiger partial charge in [-0.15, -0.1) is 11.3 Å². The molecule has 0 aliphatic carbocycles. The van der Waals surface area contributed by atoms with Gasteiger partial charge in [-0.2, -0.15) is 0 Å². The van der Waals surface area contributed by atoms with Crippen molar-refractivity contribution in [1.29, 1.82) is 0 Å². The number of aromatic nitrogens is 2. The van der Waals surface area contributed by atoms with Gasteiger partial charge >= 0.3 is 11.7 Å². The summed E-state index contributed by atoms with van der Waals surface area (Å²) in [5, 5.41) is 5.59. The molecule has 5 rings (SSSR count). The molecule has 10 nitrogen and oxygen atoms in total. The van der Waals surface area contributed by atoms with Gasteiger partial charge < -0.3 is 15.6 Å². The number of sulfonamides is 1. The number of benzene rings is 2. The van der Waals surface area contributed by atoms with Crippen LogP contribution < -0.4 is 26.6 Å². The molecule has 1 aliphatic heterocycles. The zero-order valence-corrected chi connectivity index (χ0v) is 19.9. The lowest BCUT2D eigenvalue weighted by Crippen LogP contribution is -2.35. The number of anilines is 2. The minimum Gasteiger partial charge on any atom is -0.384 e. The average Bonchev–Trinajstić information content (AvgIpc) is 3.42. The molecule has 3 heterocycles. The molecule has 0 bridgehead atoms. The van der Waals surface area contributed by atoms with Crippen LogP contribution in [0.2, 0.25) is 4.34 Å². The van der Waals surface area contributed by atoms with Crippen molar-refractivity contribution in [3.8, 4) is 5.69 Å². The maximum absolute atomic E-state index is 14.9. The number of hydrogen-bond donors (Lipinski definition) is 4. The van der Waals surface area contributed by atoms with Gasteiger partial charge in [0.1, 0.15) is 10.0 Å². The number of nitrogens with one attached hydrogen (secondary N) is 4. The number of fused-ring (bicyclic) bond motifs is 2. The number of rotatable bonds is 4. The Balaban J connectivity index is 1.43. The third-order valence-corrected chi connectivity index (χ3v) is 8.37. The number of carbonyl (C=O) groups excluding carboxylic acids is 1. The molecule has 2 amide bonds. The van der Waals surface area contributed by atoms with Crippen molar-refractivity contribution in [2.24, 2.45) is 0 Å². The maximum Gasteiger partial charge on any atom is 0.333 e. The predicted molar refractivity (Wildman–Crippen MR) is 131 cm³/mol. The van der Waals surface area contributed by atoms with E-state index in [-0.39, 0.29) is 25.3 Å². The Morgan fingerprint density at radius 2 is 1.94 bits per heavy atom. The molecule has 2 aromatic carbocycles. The number of hydrogen-bond acceptors (Lipinski definition) is 7. The number of aromatic amines is 1. The van der Waals surface area contributed by atoms with Crippen molar-refractivity contribution >= 4 is 61.3 Å². The molecule has 1 aliphatic rings. The number of amides is 2. The van der Waals surface area contributed by atoms with E-state index >= 15 is 0 Å². The molecular weight excluding hydrogens is 521 g/mol. The van der Waals surface area contributed by atoms with E-state index in [1.165, 1.54) is 18.2 Å². The van der Waals surface area contributed by atoms with Crippen molar-refractivity contribution in [3.63, 3.8) is 0 Å². The van der Waals surface area contributed by atoms with Crippen molar-refractivity contribution < 1.29 is 17.6 Å². The average molecular weight is 536 g/mol. The molecule has 0 radical (unpaired) electrons. The highest BCUT2D eigenvalue weighted by atomic mass is 35.5. The number of thiophene rings is 1. The number of halogens is 2. The normalized spacial score (nSPS) is 12.9. The van der Waals surface area contributed by atoms with E-state index in [0.717, 1.165) is 41.1 Å². The number of carbonyl (C=O) groups is 1. The topological polar surface area (TPSA) is 142 Å². The van der Waals surface area contributed by atoms with E-state index in [1.807, 2.05) is 0 Å². The summed E-state index contributed by atoms with van der Waals surface area (Å²) in [5.74, 6) is -0.981. The van der Waals surface area contributed by atoms with Crippen LogP contribution in [0, 0.1) is 5.82 Å². The van der Waals surface area contributed by atoms with Crippen LogP contribution in [0.25, 0.3) is 16.6 Å². The first-order chi connectivity index (χ1) is 16.6. The van der Waals surface area contributed by atoms with Crippen molar-refractivity contribution in [2.45, 2.75) is 10.6 Å². The summed E-state index contributed by atoms with van der Waals surface area (Å²) >= 11 is 6.49. The van der Waals surface area contributed by atoms with Gasteiger partial charge in [0.05, 0.1) is 20.9 Å². The molecule has 180 valence electrons. The number of H-pyrrole nitrogens is 1. The monoisotopic (exact) mass is 535 g/mol. The number of nitrogens with zero attached hydrogens (tertiary/aromatic N) is 1. The van der Waals surface area contributed by atoms with Gasteiger partial charge in [-0.1, -0.05) is 11.6 Å². The zero-order valence-electron chi connectivity index (χ0n) is 17.5. The fourth-order valence-electron chi connectivity index (χ4n) is 3.77. The fourth-order valence-corrected chi connectivity index (χ4v) is 6.16. The molecule has 4 aromatic rings. The second kappa shape index (κ2) is 8.52.